The van der Waals surface area contributed by atoms with Crippen molar-refractivity contribution in [2.75, 3.05) is 52.5 Å². The van der Waals surface area contributed by atoms with Crippen LogP contribution in [0.2, 0.25) is 0 Å². The lowest BCUT2D eigenvalue weighted by molar-refractivity contribution is -0.145. The first-order chi connectivity index (χ1) is 10.3. The van der Waals surface area contributed by atoms with Crippen LogP contribution in [-0.4, -0.2) is 74.2 Å². The normalized spacial score (nSPS) is 16.4. The van der Waals surface area contributed by atoms with Gasteiger partial charge in [-0.15, -0.1) is 0 Å². The maximum absolute atomic E-state index is 12.5. The molecule has 1 saturated heterocycles. The fourth-order valence-electron chi connectivity index (χ4n) is 2.34. The Morgan fingerprint density at radius 3 is 2.36 bits per heavy atom. The SMILES string of the molecule is CCOC(=O)CCN(CCN1CCOCC1)C(=O)C(C)(C)C. The second-order valence-electron chi connectivity index (χ2n) is 6.55. The van der Waals surface area contributed by atoms with Gasteiger partial charge < -0.3 is 14.4 Å². The number of rotatable bonds is 7. The van der Waals surface area contributed by atoms with E-state index in [2.05, 4.69) is 4.90 Å². The van der Waals surface area contributed by atoms with Crippen LogP contribution in [0.1, 0.15) is 34.1 Å². The minimum atomic E-state index is -0.445. The zero-order valence-electron chi connectivity index (χ0n) is 14.4. The molecule has 0 radical (unpaired) electrons. The number of carbonyl (C=O) groups excluding carboxylic acids is 2. The first-order valence-corrected chi connectivity index (χ1v) is 8.09. The molecule has 1 fully saturated rings. The highest BCUT2D eigenvalue weighted by Crippen LogP contribution is 2.17. The quantitative estimate of drug-likeness (QED) is 0.660. The van der Waals surface area contributed by atoms with Crippen molar-refractivity contribution in [3.8, 4) is 0 Å². The molecule has 1 rings (SSSR count). The lowest BCUT2D eigenvalue weighted by Crippen LogP contribution is -2.46. The summed E-state index contributed by atoms with van der Waals surface area (Å²) < 4.78 is 10.3. The maximum atomic E-state index is 12.5. The predicted octanol–water partition coefficient (Wildman–Crippen LogP) is 1.15. The molecule has 0 bridgehead atoms. The van der Waals surface area contributed by atoms with E-state index in [1.165, 1.54) is 0 Å². The fourth-order valence-corrected chi connectivity index (χ4v) is 2.34. The highest BCUT2D eigenvalue weighted by Gasteiger charge is 2.28. The molecule has 0 aromatic heterocycles. The van der Waals surface area contributed by atoms with Crippen molar-refractivity contribution >= 4 is 11.9 Å². The predicted molar refractivity (Wildman–Crippen MR) is 84.5 cm³/mol. The van der Waals surface area contributed by atoms with Gasteiger partial charge in [0, 0.05) is 38.1 Å². The highest BCUT2D eigenvalue weighted by molar-refractivity contribution is 5.82. The van der Waals surface area contributed by atoms with E-state index < -0.39 is 5.41 Å². The number of ether oxygens (including phenoxy) is 2. The lowest BCUT2D eigenvalue weighted by Gasteiger charge is -2.33. The molecule has 1 aliphatic heterocycles. The van der Waals surface area contributed by atoms with E-state index in [9.17, 15) is 9.59 Å². The minimum absolute atomic E-state index is 0.0741. The topological polar surface area (TPSA) is 59.1 Å². The van der Waals surface area contributed by atoms with Crippen molar-refractivity contribution in [1.29, 1.82) is 0 Å². The van der Waals surface area contributed by atoms with E-state index in [1.54, 1.807) is 11.8 Å². The number of esters is 1. The zero-order valence-corrected chi connectivity index (χ0v) is 14.4. The number of morpholine rings is 1. The van der Waals surface area contributed by atoms with Gasteiger partial charge in [0.1, 0.15) is 0 Å². The van der Waals surface area contributed by atoms with Gasteiger partial charge in [-0.05, 0) is 6.92 Å². The zero-order chi connectivity index (χ0) is 16.6. The summed E-state index contributed by atoms with van der Waals surface area (Å²) in [5.74, 6) is -0.175. The molecule has 0 N–H and O–H groups in total. The van der Waals surface area contributed by atoms with E-state index in [-0.39, 0.29) is 18.3 Å². The van der Waals surface area contributed by atoms with Gasteiger partial charge in [-0.25, -0.2) is 0 Å². The van der Waals surface area contributed by atoms with Crippen LogP contribution in [-0.2, 0) is 19.1 Å². The fraction of sp³-hybridized carbons (Fsp3) is 0.875. The van der Waals surface area contributed by atoms with Gasteiger partial charge in [-0.3, -0.25) is 14.5 Å². The van der Waals surface area contributed by atoms with Crippen molar-refractivity contribution < 1.29 is 19.1 Å². The third-order valence-corrected chi connectivity index (χ3v) is 3.61. The van der Waals surface area contributed by atoms with E-state index in [1.807, 2.05) is 20.8 Å². The average Bonchev–Trinajstić information content (AvgIpc) is 2.47. The lowest BCUT2D eigenvalue weighted by atomic mass is 9.94. The molecule has 0 unspecified atom stereocenters. The van der Waals surface area contributed by atoms with Gasteiger partial charge in [0.2, 0.25) is 5.91 Å². The first kappa shape index (κ1) is 18.9. The summed E-state index contributed by atoms with van der Waals surface area (Å²) in [5.41, 5.74) is -0.445. The van der Waals surface area contributed by atoms with Gasteiger partial charge in [0.25, 0.3) is 0 Å². The number of hydrogen-bond donors (Lipinski definition) is 0. The van der Waals surface area contributed by atoms with Crippen LogP contribution < -0.4 is 0 Å². The maximum Gasteiger partial charge on any atom is 0.307 e. The van der Waals surface area contributed by atoms with E-state index in [4.69, 9.17) is 9.47 Å². The summed E-state index contributed by atoms with van der Waals surface area (Å²) in [6.45, 7) is 13.0. The Bertz CT molecular complexity index is 360. The van der Waals surface area contributed by atoms with Crippen molar-refractivity contribution in [1.82, 2.24) is 9.80 Å². The van der Waals surface area contributed by atoms with Crippen LogP contribution in [0, 0.1) is 5.41 Å². The molecule has 128 valence electrons. The van der Waals surface area contributed by atoms with Gasteiger partial charge in [-0.2, -0.15) is 0 Å². The number of carbonyl (C=O) groups is 2. The van der Waals surface area contributed by atoms with Crippen molar-refractivity contribution in [3.05, 3.63) is 0 Å². The second kappa shape index (κ2) is 9.10. The molecule has 0 saturated carbocycles. The third kappa shape index (κ3) is 6.75. The Balaban J connectivity index is 2.53. The van der Waals surface area contributed by atoms with Crippen LogP contribution in [0.15, 0.2) is 0 Å². The highest BCUT2D eigenvalue weighted by atomic mass is 16.5. The smallest absolute Gasteiger partial charge is 0.307 e. The van der Waals surface area contributed by atoms with Crippen molar-refractivity contribution in [2.45, 2.75) is 34.1 Å². The summed E-state index contributed by atoms with van der Waals surface area (Å²) in [6, 6.07) is 0. The summed E-state index contributed by atoms with van der Waals surface area (Å²) in [4.78, 5) is 28.1. The molecule has 22 heavy (non-hydrogen) atoms. The Labute approximate surface area is 133 Å². The molecule has 6 heteroatoms. The number of nitrogens with zero attached hydrogens (tertiary/aromatic N) is 2. The summed E-state index contributed by atoms with van der Waals surface area (Å²) >= 11 is 0. The molecule has 0 atom stereocenters. The van der Waals surface area contributed by atoms with E-state index in [0.717, 1.165) is 32.8 Å². The third-order valence-electron chi connectivity index (χ3n) is 3.61. The standard InChI is InChI=1S/C16H30N2O4/c1-5-22-14(19)6-7-18(15(20)16(2,3)4)9-8-17-10-12-21-13-11-17/h5-13H2,1-4H3. The van der Waals surface area contributed by atoms with Crippen molar-refractivity contribution in [3.63, 3.8) is 0 Å². The first-order valence-electron chi connectivity index (χ1n) is 8.09. The van der Waals surface area contributed by atoms with E-state index in [0.29, 0.717) is 19.7 Å². The molecule has 0 aromatic rings. The van der Waals surface area contributed by atoms with Gasteiger partial charge >= 0.3 is 5.97 Å². The summed E-state index contributed by atoms with van der Waals surface area (Å²) in [5, 5.41) is 0. The number of amides is 1. The second-order valence-corrected chi connectivity index (χ2v) is 6.55. The van der Waals surface area contributed by atoms with Crippen LogP contribution in [0.5, 0.6) is 0 Å². The Kier molecular flexibility index (Phi) is 7.82. The molecule has 1 heterocycles. The molecule has 1 aliphatic rings. The Morgan fingerprint density at radius 1 is 1.18 bits per heavy atom. The van der Waals surface area contributed by atoms with Gasteiger partial charge in [-0.1, -0.05) is 20.8 Å². The van der Waals surface area contributed by atoms with Crippen LogP contribution in [0.4, 0.5) is 0 Å². The molecule has 0 aromatic carbocycles. The Hall–Kier alpha value is -1.14. The summed E-state index contributed by atoms with van der Waals surface area (Å²) in [7, 11) is 0. The Morgan fingerprint density at radius 2 is 1.82 bits per heavy atom. The molecule has 0 spiro atoms. The molecule has 0 aliphatic carbocycles. The van der Waals surface area contributed by atoms with Crippen molar-refractivity contribution in [2.24, 2.45) is 5.41 Å². The monoisotopic (exact) mass is 314 g/mol. The number of hydrogen-bond acceptors (Lipinski definition) is 5. The van der Waals surface area contributed by atoms with E-state index >= 15 is 0 Å². The largest absolute Gasteiger partial charge is 0.466 e. The van der Waals surface area contributed by atoms with Crippen LogP contribution in [0.3, 0.4) is 0 Å². The summed E-state index contributed by atoms with van der Waals surface area (Å²) in [6.07, 6.45) is 0.249. The van der Waals surface area contributed by atoms with Gasteiger partial charge in [0.15, 0.2) is 0 Å². The molecular formula is C16H30N2O4. The molecule has 1 amide bonds. The van der Waals surface area contributed by atoms with Crippen LogP contribution in [0.25, 0.3) is 0 Å². The molecule has 6 nitrogen and oxygen atoms in total. The minimum Gasteiger partial charge on any atom is -0.466 e. The molecular weight excluding hydrogens is 284 g/mol. The van der Waals surface area contributed by atoms with Gasteiger partial charge in [0.05, 0.1) is 26.2 Å². The average molecular weight is 314 g/mol. The van der Waals surface area contributed by atoms with Crippen LogP contribution >= 0.6 is 0 Å².